The Labute approximate surface area is 280 Å². The molecule has 0 spiro atoms. The summed E-state index contributed by atoms with van der Waals surface area (Å²) in [6.45, 7) is 2.59. The van der Waals surface area contributed by atoms with Gasteiger partial charge in [-0.2, -0.15) is 0 Å². The lowest BCUT2D eigenvalue weighted by Crippen LogP contribution is -2.45. The number of carbonyl (C=O) groups is 2. The SMILES string of the molecule is CC(C(=O)OC(c1ccccc1)(c1ccccc1)c1ccccc1Cl)[C@H]1CCCN1C(=O)OCC1c2ccccc2-c2ccccc21. The fourth-order valence-corrected chi connectivity index (χ4v) is 7.63. The van der Waals surface area contributed by atoms with Crippen molar-refractivity contribution in [2.24, 2.45) is 5.92 Å². The third-order valence-corrected chi connectivity index (χ3v) is 10.0. The maximum absolute atomic E-state index is 14.3. The predicted octanol–water partition coefficient (Wildman–Crippen LogP) is 9.22. The van der Waals surface area contributed by atoms with Crippen molar-refractivity contribution < 1.29 is 19.1 Å². The number of fused-ring (bicyclic) bond motifs is 3. The Morgan fingerprint density at radius 2 is 1.30 bits per heavy atom. The molecular formula is C41H36ClNO4. The standard InChI is InChI=1S/C41H36ClNO4/c1-28(38-25-14-26-43(38)40(45)46-27-35-33-21-10-8-19-31(33)32-20-9-11-22-34(32)35)39(44)47-41(29-15-4-2-5-16-29,30-17-6-3-7-18-30)36-23-12-13-24-37(36)42/h2-13,15-24,28,35,38H,14,25-27H2,1H3/t28?,38-/m1/s1. The Hall–Kier alpha value is -4.87. The summed E-state index contributed by atoms with van der Waals surface area (Å²) in [7, 11) is 0. The van der Waals surface area contributed by atoms with Crippen molar-refractivity contribution in [1.82, 2.24) is 4.90 Å². The molecule has 2 atom stereocenters. The van der Waals surface area contributed by atoms with Gasteiger partial charge >= 0.3 is 12.1 Å². The highest BCUT2D eigenvalue weighted by molar-refractivity contribution is 6.31. The lowest BCUT2D eigenvalue weighted by Gasteiger charge is -2.38. The summed E-state index contributed by atoms with van der Waals surface area (Å²) in [6, 6.07) is 43.1. The number of likely N-dealkylation sites (tertiary alicyclic amines) is 1. The van der Waals surface area contributed by atoms with Gasteiger partial charge < -0.3 is 14.4 Å². The van der Waals surface area contributed by atoms with Gasteiger partial charge in [-0.25, -0.2) is 4.79 Å². The van der Waals surface area contributed by atoms with Crippen molar-refractivity contribution in [2.75, 3.05) is 13.2 Å². The number of esters is 1. The first-order valence-electron chi connectivity index (χ1n) is 16.2. The van der Waals surface area contributed by atoms with Crippen LogP contribution in [0.3, 0.4) is 0 Å². The van der Waals surface area contributed by atoms with Crippen molar-refractivity contribution in [1.29, 1.82) is 0 Å². The monoisotopic (exact) mass is 641 g/mol. The molecule has 0 radical (unpaired) electrons. The zero-order valence-corrected chi connectivity index (χ0v) is 27.0. The molecule has 7 rings (SSSR count). The van der Waals surface area contributed by atoms with Gasteiger partial charge in [0.1, 0.15) is 6.61 Å². The Morgan fingerprint density at radius 3 is 1.89 bits per heavy atom. The molecule has 5 aromatic carbocycles. The van der Waals surface area contributed by atoms with Gasteiger partial charge in [0.15, 0.2) is 5.60 Å². The molecule has 1 saturated heterocycles. The summed E-state index contributed by atoms with van der Waals surface area (Å²) in [5, 5.41) is 0.488. The van der Waals surface area contributed by atoms with E-state index in [0.717, 1.165) is 28.7 Å². The first-order valence-corrected chi connectivity index (χ1v) is 16.6. The van der Waals surface area contributed by atoms with E-state index in [9.17, 15) is 9.59 Å². The second-order valence-electron chi connectivity index (χ2n) is 12.3. The van der Waals surface area contributed by atoms with Crippen LogP contribution in [0.4, 0.5) is 4.79 Å². The van der Waals surface area contributed by atoms with Gasteiger partial charge in [-0.05, 0) is 48.1 Å². The lowest BCUT2D eigenvalue weighted by atomic mass is 9.79. The molecule has 1 fully saturated rings. The summed E-state index contributed by atoms with van der Waals surface area (Å²) in [4.78, 5) is 29.7. The van der Waals surface area contributed by atoms with E-state index < -0.39 is 23.6 Å². The third kappa shape index (κ3) is 5.59. The van der Waals surface area contributed by atoms with Gasteiger partial charge in [-0.1, -0.05) is 139 Å². The highest BCUT2D eigenvalue weighted by Gasteiger charge is 2.45. The fraction of sp³-hybridized carbons (Fsp3) is 0.220. The van der Waals surface area contributed by atoms with E-state index in [1.54, 1.807) is 4.90 Å². The maximum Gasteiger partial charge on any atom is 0.410 e. The molecule has 2 aliphatic rings. The minimum Gasteiger partial charge on any atom is -0.448 e. The average Bonchev–Trinajstić information content (AvgIpc) is 3.74. The topological polar surface area (TPSA) is 55.8 Å². The first kappa shape index (κ1) is 30.8. The molecule has 1 amide bonds. The fourth-order valence-electron chi connectivity index (χ4n) is 7.36. The Bertz CT molecular complexity index is 1810. The van der Waals surface area contributed by atoms with E-state index in [0.29, 0.717) is 23.6 Å². The molecular weight excluding hydrogens is 606 g/mol. The van der Waals surface area contributed by atoms with Crippen LogP contribution in [0.2, 0.25) is 5.02 Å². The molecule has 0 N–H and O–H groups in total. The number of rotatable bonds is 8. The minimum absolute atomic E-state index is 0.0391. The van der Waals surface area contributed by atoms with Gasteiger partial charge in [-0.15, -0.1) is 0 Å². The second kappa shape index (κ2) is 13.1. The van der Waals surface area contributed by atoms with Crippen molar-refractivity contribution in [3.63, 3.8) is 0 Å². The van der Waals surface area contributed by atoms with Crippen LogP contribution in [0, 0.1) is 5.92 Å². The Balaban J connectivity index is 1.15. The van der Waals surface area contributed by atoms with Crippen LogP contribution < -0.4 is 0 Å². The Morgan fingerprint density at radius 1 is 0.766 bits per heavy atom. The number of hydrogen-bond acceptors (Lipinski definition) is 4. The quantitative estimate of drug-likeness (QED) is 0.125. The van der Waals surface area contributed by atoms with E-state index in [4.69, 9.17) is 21.1 Å². The molecule has 47 heavy (non-hydrogen) atoms. The number of nitrogens with zero attached hydrogens (tertiary/aromatic N) is 1. The third-order valence-electron chi connectivity index (χ3n) is 9.69. The van der Waals surface area contributed by atoms with Crippen LogP contribution in [0.15, 0.2) is 133 Å². The van der Waals surface area contributed by atoms with Crippen molar-refractivity contribution >= 4 is 23.7 Å². The van der Waals surface area contributed by atoms with E-state index in [2.05, 4.69) is 24.3 Å². The summed E-state index contributed by atoms with van der Waals surface area (Å²) in [6.07, 6.45) is 1.05. The molecule has 236 valence electrons. The summed E-state index contributed by atoms with van der Waals surface area (Å²) in [5.41, 5.74) is 5.60. The molecule has 1 heterocycles. The Kier molecular flexibility index (Phi) is 8.57. The molecule has 5 aromatic rings. The molecule has 0 saturated carbocycles. The van der Waals surface area contributed by atoms with E-state index in [1.165, 1.54) is 11.1 Å². The van der Waals surface area contributed by atoms with Gasteiger partial charge in [0.25, 0.3) is 0 Å². The molecule has 1 unspecified atom stereocenters. The van der Waals surface area contributed by atoms with Gasteiger partial charge in [0.05, 0.1) is 5.92 Å². The number of ether oxygens (including phenoxy) is 2. The number of hydrogen-bond donors (Lipinski definition) is 0. The molecule has 5 nitrogen and oxygen atoms in total. The van der Waals surface area contributed by atoms with E-state index >= 15 is 0 Å². The number of carbonyl (C=O) groups excluding carboxylic acids is 2. The number of benzene rings is 5. The highest BCUT2D eigenvalue weighted by atomic mass is 35.5. The first-order chi connectivity index (χ1) is 23.0. The van der Waals surface area contributed by atoms with Crippen LogP contribution in [-0.2, 0) is 19.9 Å². The molecule has 0 aromatic heterocycles. The number of amides is 1. The van der Waals surface area contributed by atoms with Crippen LogP contribution in [0.25, 0.3) is 11.1 Å². The lowest BCUT2D eigenvalue weighted by molar-refractivity contribution is -0.159. The van der Waals surface area contributed by atoms with E-state index in [1.807, 2.05) is 116 Å². The summed E-state index contributed by atoms with van der Waals surface area (Å²) in [5.74, 6) is -1.07. The molecule has 0 bridgehead atoms. The molecule has 1 aliphatic carbocycles. The smallest absolute Gasteiger partial charge is 0.410 e. The van der Waals surface area contributed by atoms with Crippen molar-refractivity contribution in [3.8, 4) is 11.1 Å². The molecule has 6 heteroatoms. The zero-order valence-electron chi connectivity index (χ0n) is 26.2. The second-order valence-corrected chi connectivity index (χ2v) is 12.7. The summed E-state index contributed by atoms with van der Waals surface area (Å²) >= 11 is 6.85. The van der Waals surface area contributed by atoms with Gasteiger partial charge in [0.2, 0.25) is 0 Å². The highest BCUT2D eigenvalue weighted by Crippen LogP contribution is 2.46. The van der Waals surface area contributed by atoms with Crippen LogP contribution in [0.5, 0.6) is 0 Å². The minimum atomic E-state index is -1.31. The predicted molar refractivity (Wildman–Crippen MR) is 184 cm³/mol. The van der Waals surface area contributed by atoms with Crippen LogP contribution >= 0.6 is 11.6 Å². The average molecular weight is 642 g/mol. The van der Waals surface area contributed by atoms with Crippen molar-refractivity contribution in [3.05, 3.63) is 166 Å². The largest absolute Gasteiger partial charge is 0.448 e. The van der Waals surface area contributed by atoms with Gasteiger partial charge in [-0.3, -0.25) is 4.79 Å². The normalized spacial score (nSPS) is 16.3. The van der Waals surface area contributed by atoms with Crippen molar-refractivity contribution in [2.45, 2.75) is 37.3 Å². The zero-order chi connectivity index (χ0) is 32.4. The maximum atomic E-state index is 14.3. The van der Waals surface area contributed by atoms with E-state index in [-0.39, 0.29) is 18.6 Å². The van der Waals surface area contributed by atoms with Crippen LogP contribution in [-0.4, -0.2) is 36.2 Å². The van der Waals surface area contributed by atoms with Gasteiger partial charge in [0, 0.05) is 40.2 Å². The summed E-state index contributed by atoms with van der Waals surface area (Å²) < 4.78 is 12.7. The molecule has 1 aliphatic heterocycles. The number of halogens is 1. The van der Waals surface area contributed by atoms with Crippen LogP contribution in [0.1, 0.15) is 53.5 Å².